The molecular formula is C11H15IN2. The molecule has 0 bridgehead atoms. The van der Waals surface area contributed by atoms with Crippen molar-refractivity contribution in [3.8, 4) is 0 Å². The van der Waals surface area contributed by atoms with Crippen molar-refractivity contribution in [3.63, 3.8) is 0 Å². The fraction of sp³-hybridized carbons (Fsp3) is 0.455. The van der Waals surface area contributed by atoms with Gasteiger partial charge in [0.15, 0.2) is 0 Å². The van der Waals surface area contributed by atoms with E-state index in [4.69, 9.17) is 0 Å². The Morgan fingerprint density at radius 2 is 2.00 bits per heavy atom. The van der Waals surface area contributed by atoms with Crippen LogP contribution >= 0.6 is 22.6 Å². The Kier molecular flexibility index (Phi) is 3.28. The second kappa shape index (κ2) is 4.49. The summed E-state index contributed by atoms with van der Waals surface area (Å²) in [4.78, 5) is 2.47. The highest BCUT2D eigenvalue weighted by molar-refractivity contribution is 14.1. The quantitative estimate of drug-likeness (QED) is 0.798. The number of hydrogen-bond acceptors (Lipinski definition) is 2. The highest BCUT2D eigenvalue weighted by Crippen LogP contribution is 2.22. The number of rotatable bonds is 1. The van der Waals surface area contributed by atoms with E-state index >= 15 is 0 Å². The zero-order valence-electron chi connectivity index (χ0n) is 8.39. The summed E-state index contributed by atoms with van der Waals surface area (Å²) in [6.07, 6.45) is 0. The molecule has 0 amide bonds. The summed E-state index contributed by atoms with van der Waals surface area (Å²) in [5.74, 6) is 0. The lowest BCUT2D eigenvalue weighted by atomic mass is 10.1. The van der Waals surface area contributed by atoms with Gasteiger partial charge in [0.2, 0.25) is 0 Å². The maximum atomic E-state index is 3.38. The van der Waals surface area contributed by atoms with Gasteiger partial charge in [0.05, 0.1) is 0 Å². The van der Waals surface area contributed by atoms with E-state index in [0.717, 1.165) is 26.2 Å². The van der Waals surface area contributed by atoms with Crippen LogP contribution in [0.1, 0.15) is 5.56 Å². The summed E-state index contributed by atoms with van der Waals surface area (Å²) in [6, 6.07) is 6.65. The number of aryl methyl sites for hydroxylation is 1. The van der Waals surface area contributed by atoms with Gasteiger partial charge in [-0.25, -0.2) is 0 Å². The highest BCUT2D eigenvalue weighted by atomic mass is 127. The number of nitrogens with one attached hydrogen (secondary N) is 1. The molecule has 1 aliphatic rings. The van der Waals surface area contributed by atoms with Gasteiger partial charge in [-0.15, -0.1) is 0 Å². The number of benzene rings is 1. The molecule has 76 valence electrons. The van der Waals surface area contributed by atoms with Gasteiger partial charge < -0.3 is 10.2 Å². The molecule has 0 atom stereocenters. The number of halogens is 1. The topological polar surface area (TPSA) is 15.3 Å². The second-order valence-corrected chi connectivity index (χ2v) is 4.91. The van der Waals surface area contributed by atoms with Crippen molar-refractivity contribution >= 4 is 28.3 Å². The molecule has 1 aliphatic heterocycles. The van der Waals surface area contributed by atoms with E-state index in [1.807, 2.05) is 0 Å². The predicted molar refractivity (Wildman–Crippen MR) is 69.0 cm³/mol. The Labute approximate surface area is 98.8 Å². The van der Waals surface area contributed by atoms with Crippen molar-refractivity contribution in [2.24, 2.45) is 0 Å². The Morgan fingerprint density at radius 1 is 1.29 bits per heavy atom. The Bertz CT molecular complexity index is 319. The van der Waals surface area contributed by atoms with Crippen molar-refractivity contribution in [2.75, 3.05) is 31.1 Å². The maximum Gasteiger partial charge on any atom is 0.0407 e. The third-order valence-corrected chi connectivity index (χ3v) is 3.30. The first-order valence-electron chi connectivity index (χ1n) is 4.99. The molecular weight excluding hydrogens is 287 g/mol. The van der Waals surface area contributed by atoms with Crippen LogP contribution in [0.5, 0.6) is 0 Å². The van der Waals surface area contributed by atoms with E-state index in [-0.39, 0.29) is 0 Å². The van der Waals surface area contributed by atoms with E-state index in [1.165, 1.54) is 14.8 Å². The Balaban J connectivity index is 2.24. The van der Waals surface area contributed by atoms with Gasteiger partial charge >= 0.3 is 0 Å². The van der Waals surface area contributed by atoms with Gasteiger partial charge in [-0.3, -0.25) is 0 Å². The van der Waals surface area contributed by atoms with Gasteiger partial charge in [0, 0.05) is 35.4 Å². The normalized spacial score (nSPS) is 17.1. The summed E-state index contributed by atoms with van der Waals surface area (Å²) in [7, 11) is 0. The third kappa shape index (κ3) is 2.20. The molecule has 0 unspecified atom stereocenters. The van der Waals surface area contributed by atoms with Crippen molar-refractivity contribution in [3.05, 3.63) is 27.3 Å². The molecule has 14 heavy (non-hydrogen) atoms. The molecule has 1 fully saturated rings. The standard InChI is InChI=1S/C11H15IN2/c1-9-2-3-10(12)8-11(9)14-6-4-13-5-7-14/h2-3,8,13H,4-7H2,1H3. The Hall–Kier alpha value is -0.290. The monoisotopic (exact) mass is 302 g/mol. The van der Waals surface area contributed by atoms with E-state index < -0.39 is 0 Å². The summed E-state index contributed by atoms with van der Waals surface area (Å²) in [6.45, 7) is 6.64. The minimum absolute atomic E-state index is 1.10. The summed E-state index contributed by atoms with van der Waals surface area (Å²) in [5, 5.41) is 3.38. The molecule has 2 nitrogen and oxygen atoms in total. The third-order valence-electron chi connectivity index (χ3n) is 2.63. The number of hydrogen-bond donors (Lipinski definition) is 1. The smallest absolute Gasteiger partial charge is 0.0407 e. The maximum absolute atomic E-state index is 3.38. The van der Waals surface area contributed by atoms with Crippen LogP contribution in [0.15, 0.2) is 18.2 Å². The van der Waals surface area contributed by atoms with Crippen molar-refractivity contribution in [1.82, 2.24) is 5.32 Å². The molecule has 1 saturated heterocycles. The largest absolute Gasteiger partial charge is 0.369 e. The molecule has 1 aromatic carbocycles. The van der Waals surface area contributed by atoms with Gasteiger partial charge in [0.1, 0.15) is 0 Å². The first-order valence-corrected chi connectivity index (χ1v) is 6.07. The van der Waals surface area contributed by atoms with Gasteiger partial charge in [-0.05, 0) is 47.2 Å². The summed E-state index contributed by atoms with van der Waals surface area (Å²) in [5.41, 5.74) is 2.78. The average Bonchev–Trinajstić information content (AvgIpc) is 2.23. The zero-order chi connectivity index (χ0) is 9.97. The molecule has 0 aliphatic carbocycles. The van der Waals surface area contributed by atoms with E-state index in [0.29, 0.717) is 0 Å². The van der Waals surface area contributed by atoms with Gasteiger partial charge in [-0.1, -0.05) is 6.07 Å². The van der Waals surface area contributed by atoms with Crippen LogP contribution in [0, 0.1) is 10.5 Å². The second-order valence-electron chi connectivity index (χ2n) is 3.67. The highest BCUT2D eigenvalue weighted by Gasteiger charge is 2.12. The Morgan fingerprint density at radius 3 is 2.71 bits per heavy atom. The van der Waals surface area contributed by atoms with Crippen molar-refractivity contribution in [2.45, 2.75) is 6.92 Å². The van der Waals surface area contributed by atoms with Crippen LogP contribution in [0.25, 0.3) is 0 Å². The van der Waals surface area contributed by atoms with Crippen molar-refractivity contribution in [1.29, 1.82) is 0 Å². The number of nitrogens with zero attached hydrogens (tertiary/aromatic N) is 1. The zero-order valence-corrected chi connectivity index (χ0v) is 10.5. The van der Waals surface area contributed by atoms with Crippen LogP contribution in [-0.4, -0.2) is 26.2 Å². The van der Waals surface area contributed by atoms with E-state index in [2.05, 4.69) is 57.9 Å². The molecule has 0 aromatic heterocycles. The van der Waals surface area contributed by atoms with Crippen LogP contribution in [0.2, 0.25) is 0 Å². The van der Waals surface area contributed by atoms with Crippen LogP contribution in [0.4, 0.5) is 5.69 Å². The minimum Gasteiger partial charge on any atom is -0.369 e. The summed E-state index contributed by atoms with van der Waals surface area (Å²) >= 11 is 2.38. The molecule has 1 heterocycles. The van der Waals surface area contributed by atoms with Crippen LogP contribution in [-0.2, 0) is 0 Å². The molecule has 2 rings (SSSR count). The molecule has 1 aromatic rings. The molecule has 0 radical (unpaired) electrons. The van der Waals surface area contributed by atoms with Crippen LogP contribution < -0.4 is 10.2 Å². The van der Waals surface area contributed by atoms with Gasteiger partial charge in [0.25, 0.3) is 0 Å². The minimum atomic E-state index is 1.10. The van der Waals surface area contributed by atoms with Gasteiger partial charge in [-0.2, -0.15) is 0 Å². The average molecular weight is 302 g/mol. The molecule has 0 spiro atoms. The van der Waals surface area contributed by atoms with Crippen LogP contribution in [0.3, 0.4) is 0 Å². The van der Waals surface area contributed by atoms with Crippen molar-refractivity contribution < 1.29 is 0 Å². The molecule has 0 saturated carbocycles. The fourth-order valence-electron chi connectivity index (χ4n) is 1.83. The lowest BCUT2D eigenvalue weighted by Crippen LogP contribution is -2.43. The lowest BCUT2D eigenvalue weighted by molar-refractivity contribution is 0.588. The molecule has 1 N–H and O–H groups in total. The molecule has 3 heteroatoms. The summed E-state index contributed by atoms with van der Waals surface area (Å²) < 4.78 is 1.32. The lowest BCUT2D eigenvalue weighted by Gasteiger charge is -2.30. The first kappa shape index (κ1) is 10.2. The SMILES string of the molecule is Cc1ccc(I)cc1N1CCNCC1. The fourth-order valence-corrected chi connectivity index (χ4v) is 2.30. The number of piperazine rings is 1. The van der Waals surface area contributed by atoms with E-state index in [9.17, 15) is 0 Å². The predicted octanol–water partition coefficient (Wildman–Crippen LogP) is 2.01. The first-order chi connectivity index (χ1) is 6.77. The van der Waals surface area contributed by atoms with E-state index in [1.54, 1.807) is 0 Å². The number of anilines is 1.